The lowest BCUT2D eigenvalue weighted by atomic mass is 9.94. The van der Waals surface area contributed by atoms with E-state index in [4.69, 9.17) is 14.2 Å². The molecule has 0 saturated carbocycles. The van der Waals surface area contributed by atoms with Gasteiger partial charge >= 0.3 is 5.97 Å². The second-order valence-electron chi connectivity index (χ2n) is 6.82. The largest absolute Gasteiger partial charge is 0.465 e. The zero-order chi connectivity index (χ0) is 18.9. The first-order valence-electron chi connectivity index (χ1n) is 9.37. The van der Waals surface area contributed by atoms with Gasteiger partial charge < -0.3 is 19.5 Å². The number of ether oxygens (including phenoxy) is 3. The van der Waals surface area contributed by atoms with Crippen molar-refractivity contribution in [2.24, 2.45) is 5.92 Å². The molecule has 27 heavy (non-hydrogen) atoms. The Morgan fingerprint density at radius 3 is 2.11 bits per heavy atom. The summed E-state index contributed by atoms with van der Waals surface area (Å²) < 4.78 is 17.7. The SMILES string of the molecule is CC(=O)OC[C@H]1CNC[C@@H](OCc2ccccc2)[C@H]1OCc1ccccc1. The van der Waals surface area contributed by atoms with Gasteiger partial charge in [-0.15, -0.1) is 0 Å². The monoisotopic (exact) mass is 369 g/mol. The van der Waals surface area contributed by atoms with Crippen LogP contribution in [0.15, 0.2) is 60.7 Å². The van der Waals surface area contributed by atoms with Crippen molar-refractivity contribution >= 4 is 5.97 Å². The molecule has 0 aliphatic carbocycles. The molecule has 0 amide bonds. The molecule has 5 heteroatoms. The van der Waals surface area contributed by atoms with Crippen molar-refractivity contribution < 1.29 is 19.0 Å². The number of hydrogen-bond donors (Lipinski definition) is 1. The van der Waals surface area contributed by atoms with Crippen LogP contribution in [0.5, 0.6) is 0 Å². The van der Waals surface area contributed by atoms with Gasteiger partial charge in [-0.2, -0.15) is 0 Å². The van der Waals surface area contributed by atoms with Gasteiger partial charge in [-0.25, -0.2) is 0 Å². The van der Waals surface area contributed by atoms with Crippen molar-refractivity contribution in [3.05, 3.63) is 71.8 Å². The molecule has 1 saturated heterocycles. The van der Waals surface area contributed by atoms with E-state index < -0.39 is 0 Å². The van der Waals surface area contributed by atoms with Crippen LogP contribution in [-0.4, -0.2) is 37.9 Å². The Hall–Kier alpha value is -2.21. The van der Waals surface area contributed by atoms with E-state index in [1.54, 1.807) is 0 Å². The maximum absolute atomic E-state index is 11.2. The number of benzene rings is 2. The highest BCUT2D eigenvalue weighted by Crippen LogP contribution is 2.22. The third-order valence-corrected chi connectivity index (χ3v) is 4.68. The maximum Gasteiger partial charge on any atom is 0.302 e. The Morgan fingerprint density at radius 2 is 1.52 bits per heavy atom. The lowest BCUT2D eigenvalue weighted by Gasteiger charge is -2.38. The molecule has 1 heterocycles. The van der Waals surface area contributed by atoms with Crippen LogP contribution in [0.3, 0.4) is 0 Å². The average Bonchev–Trinajstić information content (AvgIpc) is 2.71. The average molecular weight is 369 g/mol. The number of hydrogen-bond acceptors (Lipinski definition) is 5. The van der Waals surface area contributed by atoms with Crippen LogP contribution in [-0.2, 0) is 32.2 Å². The number of piperidine rings is 1. The molecule has 1 aliphatic heterocycles. The molecule has 0 radical (unpaired) electrons. The standard InChI is InChI=1S/C22H27NO4/c1-17(24)25-16-20-12-23-13-21(26-14-18-8-4-2-5-9-18)22(20)27-15-19-10-6-3-7-11-19/h2-11,20-23H,12-16H2,1H3/t20-,21-,22+/m1/s1. The highest BCUT2D eigenvalue weighted by Gasteiger charge is 2.35. The van der Waals surface area contributed by atoms with E-state index in [1.807, 2.05) is 60.7 Å². The van der Waals surface area contributed by atoms with Gasteiger partial charge in [0.1, 0.15) is 0 Å². The quantitative estimate of drug-likeness (QED) is 0.725. The van der Waals surface area contributed by atoms with Crippen molar-refractivity contribution in [3.8, 4) is 0 Å². The van der Waals surface area contributed by atoms with Crippen molar-refractivity contribution in [3.63, 3.8) is 0 Å². The maximum atomic E-state index is 11.2. The molecule has 3 atom stereocenters. The summed E-state index contributed by atoms with van der Waals surface area (Å²) in [5.41, 5.74) is 2.24. The minimum Gasteiger partial charge on any atom is -0.465 e. The topological polar surface area (TPSA) is 56.8 Å². The summed E-state index contributed by atoms with van der Waals surface area (Å²) in [7, 11) is 0. The number of carbonyl (C=O) groups is 1. The fourth-order valence-corrected chi connectivity index (χ4v) is 3.27. The summed E-state index contributed by atoms with van der Waals surface area (Å²) in [5, 5.41) is 3.38. The van der Waals surface area contributed by atoms with Gasteiger partial charge in [-0.3, -0.25) is 4.79 Å². The molecule has 0 aromatic heterocycles. The summed E-state index contributed by atoms with van der Waals surface area (Å²) in [6, 6.07) is 20.2. The smallest absolute Gasteiger partial charge is 0.302 e. The molecule has 1 N–H and O–H groups in total. The Bertz CT molecular complexity index is 692. The summed E-state index contributed by atoms with van der Waals surface area (Å²) in [6.45, 7) is 4.24. The van der Waals surface area contributed by atoms with Crippen LogP contribution in [0.2, 0.25) is 0 Å². The van der Waals surface area contributed by atoms with Crippen LogP contribution in [0.4, 0.5) is 0 Å². The van der Waals surface area contributed by atoms with E-state index in [9.17, 15) is 4.79 Å². The van der Waals surface area contributed by atoms with E-state index >= 15 is 0 Å². The molecule has 3 rings (SSSR count). The number of carbonyl (C=O) groups excluding carboxylic acids is 1. The Labute approximate surface area is 160 Å². The third-order valence-electron chi connectivity index (χ3n) is 4.68. The van der Waals surface area contributed by atoms with E-state index in [0.29, 0.717) is 26.4 Å². The third kappa shape index (κ3) is 6.17. The summed E-state index contributed by atoms with van der Waals surface area (Å²) in [5.74, 6) is -0.226. The zero-order valence-corrected chi connectivity index (χ0v) is 15.7. The Kier molecular flexibility index (Phi) is 7.39. The van der Waals surface area contributed by atoms with E-state index in [0.717, 1.165) is 17.7 Å². The normalized spacial score (nSPS) is 22.3. The molecule has 2 aromatic carbocycles. The van der Waals surface area contributed by atoms with E-state index in [-0.39, 0.29) is 24.1 Å². The highest BCUT2D eigenvalue weighted by molar-refractivity contribution is 5.65. The molecule has 0 spiro atoms. The highest BCUT2D eigenvalue weighted by atomic mass is 16.6. The zero-order valence-electron chi connectivity index (χ0n) is 15.7. The van der Waals surface area contributed by atoms with Gasteiger partial charge in [0, 0.05) is 25.9 Å². The van der Waals surface area contributed by atoms with Crippen molar-refractivity contribution in [1.29, 1.82) is 0 Å². The van der Waals surface area contributed by atoms with Gasteiger partial charge in [-0.05, 0) is 11.1 Å². The fourth-order valence-electron chi connectivity index (χ4n) is 3.27. The van der Waals surface area contributed by atoms with Crippen LogP contribution in [0.1, 0.15) is 18.1 Å². The molecule has 1 aliphatic rings. The summed E-state index contributed by atoms with van der Waals surface area (Å²) >= 11 is 0. The van der Waals surface area contributed by atoms with Crippen molar-refractivity contribution in [1.82, 2.24) is 5.32 Å². The molecule has 2 aromatic rings. The molecule has 5 nitrogen and oxygen atoms in total. The number of esters is 1. The minimum atomic E-state index is -0.274. The molecule has 0 unspecified atom stereocenters. The van der Waals surface area contributed by atoms with Crippen LogP contribution in [0.25, 0.3) is 0 Å². The minimum absolute atomic E-state index is 0.0483. The van der Waals surface area contributed by atoms with Crippen molar-refractivity contribution in [2.45, 2.75) is 32.3 Å². The molecule has 1 fully saturated rings. The number of nitrogens with one attached hydrogen (secondary N) is 1. The first kappa shape index (κ1) is 19.5. The van der Waals surface area contributed by atoms with Gasteiger partial charge in [0.05, 0.1) is 32.0 Å². The van der Waals surface area contributed by atoms with Crippen LogP contribution >= 0.6 is 0 Å². The first-order chi connectivity index (χ1) is 13.2. The van der Waals surface area contributed by atoms with Gasteiger partial charge in [0.15, 0.2) is 0 Å². The second-order valence-corrected chi connectivity index (χ2v) is 6.82. The second kappa shape index (κ2) is 10.2. The van der Waals surface area contributed by atoms with Crippen LogP contribution in [0, 0.1) is 5.92 Å². The lowest BCUT2D eigenvalue weighted by Crippen LogP contribution is -2.54. The predicted octanol–water partition coefficient (Wildman–Crippen LogP) is 2.94. The molecular weight excluding hydrogens is 342 g/mol. The summed E-state index contributed by atoms with van der Waals surface area (Å²) in [6.07, 6.45) is -0.252. The van der Waals surface area contributed by atoms with Crippen molar-refractivity contribution in [2.75, 3.05) is 19.7 Å². The molecule has 0 bridgehead atoms. The van der Waals surface area contributed by atoms with Crippen LogP contribution < -0.4 is 5.32 Å². The Morgan fingerprint density at radius 1 is 0.926 bits per heavy atom. The number of rotatable bonds is 8. The van der Waals surface area contributed by atoms with Gasteiger partial charge in [0.2, 0.25) is 0 Å². The van der Waals surface area contributed by atoms with E-state index in [2.05, 4.69) is 5.32 Å². The lowest BCUT2D eigenvalue weighted by molar-refractivity contribution is -0.153. The Balaban J connectivity index is 1.65. The summed E-state index contributed by atoms with van der Waals surface area (Å²) in [4.78, 5) is 11.2. The fraction of sp³-hybridized carbons (Fsp3) is 0.409. The van der Waals surface area contributed by atoms with Gasteiger partial charge in [-0.1, -0.05) is 60.7 Å². The first-order valence-corrected chi connectivity index (χ1v) is 9.37. The van der Waals surface area contributed by atoms with E-state index in [1.165, 1.54) is 6.92 Å². The molecule has 144 valence electrons. The van der Waals surface area contributed by atoms with Gasteiger partial charge in [0.25, 0.3) is 0 Å². The predicted molar refractivity (Wildman–Crippen MR) is 103 cm³/mol. The molecular formula is C22H27NO4.